The Bertz CT molecular complexity index is 3910. The summed E-state index contributed by atoms with van der Waals surface area (Å²) in [5, 5.41) is 11.8. The summed E-state index contributed by atoms with van der Waals surface area (Å²) in [7, 11) is 0. The third-order valence-electron chi connectivity index (χ3n) is 12.5. The second-order valence-corrected chi connectivity index (χ2v) is 16.0. The van der Waals surface area contributed by atoms with Crippen molar-refractivity contribution in [3.63, 3.8) is 0 Å². The predicted octanol–water partition coefficient (Wildman–Crippen LogP) is 14.5. The van der Waals surface area contributed by atoms with Gasteiger partial charge in [0, 0.05) is 49.3 Å². The molecule has 5 nitrogen and oxygen atoms in total. The van der Waals surface area contributed by atoms with Crippen LogP contribution in [0.15, 0.2) is 212 Å². The van der Waals surface area contributed by atoms with Crippen LogP contribution in [-0.4, -0.2) is 24.1 Å². The van der Waals surface area contributed by atoms with E-state index in [4.69, 9.17) is 15.0 Å². The van der Waals surface area contributed by atoms with E-state index in [2.05, 4.69) is 203 Å². The van der Waals surface area contributed by atoms with E-state index in [1.807, 2.05) is 18.2 Å². The quantitative estimate of drug-likeness (QED) is 0.174. The number of aromatic nitrogens is 5. The van der Waals surface area contributed by atoms with Crippen molar-refractivity contribution in [2.75, 3.05) is 0 Å². The smallest absolute Gasteiger partial charge is 0.164 e. The first kappa shape index (κ1) is 34.5. The van der Waals surface area contributed by atoms with Crippen molar-refractivity contribution in [2.45, 2.75) is 0 Å². The molecule has 0 fully saturated rings. The van der Waals surface area contributed by atoms with E-state index in [0.717, 1.165) is 60.6 Å². The molecule has 0 N–H and O–H groups in total. The lowest BCUT2D eigenvalue weighted by Crippen LogP contribution is -2.01. The molecule has 0 aliphatic rings. The van der Waals surface area contributed by atoms with Gasteiger partial charge in [0.15, 0.2) is 17.5 Å². The first-order valence-electron chi connectivity index (χ1n) is 21.0. The monoisotopic (exact) mass is 789 g/mol. The lowest BCUT2D eigenvalue weighted by molar-refractivity contribution is 1.08. The van der Waals surface area contributed by atoms with E-state index < -0.39 is 0 Å². The number of hydrogen-bond acceptors (Lipinski definition) is 3. The van der Waals surface area contributed by atoms with E-state index in [-0.39, 0.29) is 0 Å². The van der Waals surface area contributed by atoms with Crippen molar-refractivity contribution in [1.82, 2.24) is 24.1 Å². The van der Waals surface area contributed by atoms with Crippen LogP contribution in [-0.2, 0) is 0 Å². The Morgan fingerprint density at radius 2 is 0.855 bits per heavy atom. The topological polar surface area (TPSA) is 48.5 Å². The highest BCUT2D eigenvalue weighted by atomic mass is 15.0. The summed E-state index contributed by atoms with van der Waals surface area (Å²) in [6.07, 6.45) is 0. The summed E-state index contributed by atoms with van der Waals surface area (Å²) >= 11 is 0. The zero-order chi connectivity index (χ0) is 40.7. The minimum absolute atomic E-state index is 0.632. The standard InChI is InChI=1S/C57H35N5/c1-3-18-38(19-4-1)55-58-56(45-28-13-20-36-16-7-9-23-40(36)45)60-57(59-55)46-29-14-27-43-42(46)26-15-31-50(43)62-49-30-12-11-25-44(49)47-34-48-53(35-52(47)62)61(39-21-5-2-6-22-39)51-33-32-37-17-8-10-24-41(37)54(48)51/h1-35H. The Balaban J connectivity index is 1.08. The second kappa shape index (κ2) is 13.6. The fourth-order valence-electron chi connectivity index (χ4n) is 9.80. The molecule has 0 aliphatic heterocycles. The van der Waals surface area contributed by atoms with Crippen LogP contribution in [0.25, 0.3) is 121 Å². The molecule has 0 saturated heterocycles. The average molecular weight is 790 g/mol. The van der Waals surface area contributed by atoms with Crippen molar-refractivity contribution in [3.05, 3.63) is 212 Å². The second-order valence-electron chi connectivity index (χ2n) is 16.0. The Kier molecular flexibility index (Phi) is 7.54. The number of rotatable bonds is 5. The molecule has 10 aromatic carbocycles. The molecule has 0 spiro atoms. The number of hydrogen-bond donors (Lipinski definition) is 0. The number of benzene rings is 10. The van der Waals surface area contributed by atoms with Gasteiger partial charge in [-0.3, -0.25) is 0 Å². The van der Waals surface area contributed by atoms with Crippen molar-refractivity contribution in [3.8, 4) is 45.5 Å². The molecule has 288 valence electrons. The van der Waals surface area contributed by atoms with Gasteiger partial charge in [0.2, 0.25) is 0 Å². The van der Waals surface area contributed by atoms with Gasteiger partial charge in [-0.15, -0.1) is 0 Å². The third-order valence-corrected chi connectivity index (χ3v) is 12.5. The molecule has 0 amide bonds. The van der Waals surface area contributed by atoms with E-state index in [0.29, 0.717) is 17.5 Å². The van der Waals surface area contributed by atoms with Crippen molar-refractivity contribution in [1.29, 1.82) is 0 Å². The fourth-order valence-corrected chi connectivity index (χ4v) is 9.80. The normalized spacial score (nSPS) is 11.9. The van der Waals surface area contributed by atoms with E-state index >= 15 is 0 Å². The van der Waals surface area contributed by atoms with E-state index in [1.165, 1.54) is 43.4 Å². The van der Waals surface area contributed by atoms with Gasteiger partial charge in [-0.2, -0.15) is 0 Å². The molecule has 0 atom stereocenters. The molecule has 13 aromatic rings. The number of nitrogens with zero attached hydrogens (tertiary/aromatic N) is 5. The maximum Gasteiger partial charge on any atom is 0.164 e. The molecule has 0 radical (unpaired) electrons. The Morgan fingerprint density at radius 1 is 0.290 bits per heavy atom. The van der Waals surface area contributed by atoms with Crippen LogP contribution in [0.4, 0.5) is 0 Å². The minimum atomic E-state index is 0.632. The molecule has 0 bridgehead atoms. The van der Waals surface area contributed by atoms with Crippen LogP contribution in [0, 0.1) is 0 Å². The zero-order valence-electron chi connectivity index (χ0n) is 33.4. The summed E-state index contributed by atoms with van der Waals surface area (Å²) in [4.78, 5) is 15.6. The Morgan fingerprint density at radius 3 is 1.66 bits per heavy atom. The lowest BCUT2D eigenvalue weighted by atomic mass is 10.0. The van der Waals surface area contributed by atoms with Gasteiger partial charge >= 0.3 is 0 Å². The zero-order valence-corrected chi connectivity index (χ0v) is 33.4. The molecule has 5 heteroatoms. The maximum absolute atomic E-state index is 5.28. The van der Waals surface area contributed by atoms with E-state index in [9.17, 15) is 0 Å². The van der Waals surface area contributed by atoms with Crippen LogP contribution in [0.3, 0.4) is 0 Å². The predicted molar refractivity (Wildman–Crippen MR) is 257 cm³/mol. The molecule has 13 rings (SSSR count). The SMILES string of the molecule is c1ccc(-c2nc(-c3cccc4ccccc34)nc(-c3cccc4c(-n5c6ccccc6c6cc7c8c9ccccc9ccc8n(-c8ccccc8)c7cc65)cccc34)n2)cc1. The molecule has 3 aromatic heterocycles. The molecule has 0 unspecified atom stereocenters. The lowest BCUT2D eigenvalue weighted by Gasteiger charge is -2.15. The largest absolute Gasteiger partial charge is 0.309 e. The highest BCUT2D eigenvalue weighted by Crippen LogP contribution is 2.43. The Hall–Kier alpha value is -8.41. The van der Waals surface area contributed by atoms with Crippen molar-refractivity contribution in [2.24, 2.45) is 0 Å². The molecular weight excluding hydrogens is 755 g/mol. The highest BCUT2D eigenvalue weighted by Gasteiger charge is 2.22. The first-order chi connectivity index (χ1) is 30.8. The molecule has 62 heavy (non-hydrogen) atoms. The van der Waals surface area contributed by atoms with Gasteiger partial charge in [0.25, 0.3) is 0 Å². The molecule has 0 saturated carbocycles. The summed E-state index contributed by atoms with van der Waals surface area (Å²) in [6.45, 7) is 0. The van der Waals surface area contributed by atoms with Crippen LogP contribution >= 0.6 is 0 Å². The van der Waals surface area contributed by atoms with Crippen LogP contribution in [0.1, 0.15) is 0 Å². The van der Waals surface area contributed by atoms with Crippen molar-refractivity contribution < 1.29 is 0 Å². The molecule has 0 aliphatic carbocycles. The first-order valence-corrected chi connectivity index (χ1v) is 21.0. The minimum Gasteiger partial charge on any atom is -0.309 e. The van der Waals surface area contributed by atoms with Gasteiger partial charge in [0.1, 0.15) is 0 Å². The Labute approximate surface area is 356 Å². The highest BCUT2D eigenvalue weighted by molar-refractivity contribution is 6.25. The van der Waals surface area contributed by atoms with Crippen LogP contribution in [0.2, 0.25) is 0 Å². The van der Waals surface area contributed by atoms with Crippen LogP contribution < -0.4 is 0 Å². The number of fused-ring (bicyclic) bond motifs is 10. The third kappa shape index (κ3) is 5.18. The summed E-state index contributed by atoms with van der Waals surface area (Å²) < 4.78 is 4.88. The number of para-hydroxylation sites is 2. The van der Waals surface area contributed by atoms with Crippen LogP contribution in [0.5, 0.6) is 0 Å². The maximum atomic E-state index is 5.28. The summed E-state index contributed by atoms with van der Waals surface area (Å²) in [5.41, 5.74) is 9.74. The van der Waals surface area contributed by atoms with Crippen molar-refractivity contribution >= 4 is 75.9 Å². The van der Waals surface area contributed by atoms with E-state index in [1.54, 1.807) is 0 Å². The summed E-state index contributed by atoms with van der Waals surface area (Å²) in [5.74, 6) is 1.92. The molecule has 3 heterocycles. The van der Waals surface area contributed by atoms with Gasteiger partial charge in [0.05, 0.1) is 27.8 Å². The summed E-state index contributed by atoms with van der Waals surface area (Å²) in [6, 6.07) is 75.7. The van der Waals surface area contributed by atoms with Gasteiger partial charge in [-0.1, -0.05) is 170 Å². The molecular formula is C57H35N5. The van der Waals surface area contributed by atoms with Gasteiger partial charge < -0.3 is 9.13 Å². The average Bonchev–Trinajstić information content (AvgIpc) is 3.85. The van der Waals surface area contributed by atoms with Gasteiger partial charge in [-0.05, 0) is 69.4 Å². The van der Waals surface area contributed by atoms with Gasteiger partial charge in [-0.25, -0.2) is 15.0 Å². The fraction of sp³-hybridized carbons (Fsp3) is 0.